The molecule has 12 nitrogen and oxygen atoms in total. The molecule has 0 aromatic heterocycles. The maximum absolute atomic E-state index is 13.8. The van der Waals surface area contributed by atoms with Gasteiger partial charge in [0.15, 0.2) is 10.8 Å². The molecule has 0 radical (unpaired) electrons. The molecule has 7 atom stereocenters. The Morgan fingerprint density at radius 2 is 1.98 bits per heavy atom. The van der Waals surface area contributed by atoms with Crippen molar-refractivity contribution in [1.82, 2.24) is 16.1 Å². The third-order valence-corrected chi connectivity index (χ3v) is 10.1. The molecule has 3 aliphatic carbocycles. The Bertz CT molecular complexity index is 1010. The average Bonchev–Trinajstić information content (AvgIpc) is 3.26. The molecule has 0 aromatic carbocycles. The van der Waals surface area contributed by atoms with Crippen LogP contribution in [0.1, 0.15) is 92.4 Å². The maximum Gasteiger partial charge on any atom is 0.481 e. The first kappa shape index (κ1) is 34.5. The van der Waals surface area contributed by atoms with Crippen molar-refractivity contribution in [3.63, 3.8) is 0 Å². The van der Waals surface area contributed by atoms with Crippen LogP contribution in [0.2, 0.25) is 0 Å². The monoisotopic (exact) mass is 612 g/mol. The van der Waals surface area contributed by atoms with E-state index in [9.17, 15) is 19.7 Å². The second-order valence-electron chi connectivity index (χ2n) is 13.7. The van der Waals surface area contributed by atoms with Crippen molar-refractivity contribution in [2.45, 2.75) is 116 Å². The van der Waals surface area contributed by atoms with E-state index in [0.717, 1.165) is 38.6 Å². The normalized spacial score (nSPS) is 31.3. The minimum absolute atomic E-state index is 0. The fourth-order valence-corrected chi connectivity index (χ4v) is 7.62. The Kier molecular flexibility index (Phi) is 11.7. The molecule has 5 N–H and O–H groups in total. The number of hydrogen-bond donors (Lipinski definition) is 4. The lowest BCUT2D eigenvalue weighted by Gasteiger charge is -2.64. The highest BCUT2D eigenvalue weighted by atomic mass is 35.5. The molecular formula is C28H50BClN6O6. The molecule has 3 saturated carbocycles. The Morgan fingerprint density at radius 1 is 1.24 bits per heavy atom. The van der Waals surface area contributed by atoms with Crippen LogP contribution in [-0.4, -0.2) is 66.6 Å². The first-order chi connectivity index (χ1) is 19.3. The number of nitrogens with zero attached hydrogens (tertiary/aromatic N) is 2. The summed E-state index contributed by atoms with van der Waals surface area (Å²) in [4.78, 5) is 41.5. The molecule has 238 valence electrons. The molecule has 42 heavy (non-hydrogen) atoms. The summed E-state index contributed by atoms with van der Waals surface area (Å²) in [5.41, 5.74) is 7.20. The lowest BCUT2D eigenvalue weighted by Crippen LogP contribution is -2.65. The quantitative estimate of drug-likeness (QED) is 0.0610. The zero-order valence-corrected chi connectivity index (χ0v) is 26.5. The van der Waals surface area contributed by atoms with E-state index in [4.69, 9.17) is 15.0 Å². The summed E-state index contributed by atoms with van der Waals surface area (Å²) in [6, 6.07) is -0.233. The second-order valence-corrected chi connectivity index (χ2v) is 13.7. The number of guanidine groups is 1. The van der Waals surface area contributed by atoms with Gasteiger partial charge >= 0.3 is 7.12 Å². The van der Waals surface area contributed by atoms with Gasteiger partial charge in [0.1, 0.15) is 0 Å². The van der Waals surface area contributed by atoms with Gasteiger partial charge in [0, 0.05) is 18.9 Å². The number of ketones is 1. The van der Waals surface area contributed by atoms with Crippen LogP contribution >= 0.6 is 12.4 Å². The Labute approximate surface area is 256 Å². The van der Waals surface area contributed by atoms with E-state index in [1.807, 2.05) is 5.43 Å². The molecule has 2 saturated heterocycles. The van der Waals surface area contributed by atoms with E-state index in [2.05, 4.69) is 50.2 Å². The first-order valence-electron chi connectivity index (χ1n) is 15.4. The summed E-state index contributed by atoms with van der Waals surface area (Å²) >= 11 is 0. The van der Waals surface area contributed by atoms with Crippen LogP contribution in [0, 0.1) is 39.2 Å². The van der Waals surface area contributed by atoms with Crippen molar-refractivity contribution in [3.8, 4) is 0 Å². The SMILES string of the molecule is CC(C)C[C@H](NC(=O)[C@H](CCCN=C(N)N[N+](=O)[O-])CC(=O)[C@H]1CCCCN1)B1O[C@@H]2C[C@@H]3C[C@@H](C3(C)C)[C@]2(C)O1.Cl. The summed E-state index contributed by atoms with van der Waals surface area (Å²) in [6.07, 6.45) is 6.61. The molecule has 2 bridgehead atoms. The van der Waals surface area contributed by atoms with Crippen LogP contribution in [0.3, 0.4) is 0 Å². The molecule has 2 heterocycles. The molecule has 0 aromatic rings. The van der Waals surface area contributed by atoms with Gasteiger partial charge in [-0.25, -0.2) is 15.1 Å². The van der Waals surface area contributed by atoms with Crippen LogP contribution in [0.25, 0.3) is 0 Å². The number of nitrogens with two attached hydrogens (primary N) is 1. The summed E-state index contributed by atoms with van der Waals surface area (Å²) in [5, 5.41) is 16.3. The largest absolute Gasteiger partial charge is 0.481 e. The van der Waals surface area contributed by atoms with E-state index in [1.54, 1.807) is 0 Å². The van der Waals surface area contributed by atoms with Crippen LogP contribution in [0.5, 0.6) is 0 Å². The van der Waals surface area contributed by atoms with Crippen LogP contribution in [0.15, 0.2) is 4.99 Å². The van der Waals surface area contributed by atoms with Crippen molar-refractivity contribution in [2.24, 2.45) is 39.8 Å². The third kappa shape index (κ3) is 7.76. The number of nitro groups is 1. The number of piperidine rings is 1. The van der Waals surface area contributed by atoms with Gasteiger partial charge in [-0.2, -0.15) is 0 Å². The minimum atomic E-state index is -0.770. The zero-order chi connectivity index (χ0) is 29.9. The number of Topliss-reactive ketones (excluding diaryl/α,β-unsaturated/α-hetero) is 1. The number of halogens is 1. The van der Waals surface area contributed by atoms with E-state index < -0.39 is 18.1 Å². The van der Waals surface area contributed by atoms with Gasteiger partial charge in [0.05, 0.1) is 23.7 Å². The zero-order valence-electron chi connectivity index (χ0n) is 25.7. The van der Waals surface area contributed by atoms with Gasteiger partial charge in [0.25, 0.3) is 5.96 Å². The van der Waals surface area contributed by atoms with Crippen molar-refractivity contribution >= 4 is 37.2 Å². The highest BCUT2D eigenvalue weighted by Crippen LogP contribution is 2.65. The molecular weight excluding hydrogens is 563 g/mol. The highest BCUT2D eigenvalue weighted by Gasteiger charge is 2.68. The molecule has 5 aliphatic rings. The fraction of sp³-hybridized carbons (Fsp3) is 0.893. The van der Waals surface area contributed by atoms with Gasteiger partial charge in [-0.05, 0) is 81.6 Å². The molecule has 14 heteroatoms. The second kappa shape index (κ2) is 14.2. The van der Waals surface area contributed by atoms with Crippen LogP contribution in [0.4, 0.5) is 0 Å². The van der Waals surface area contributed by atoms with E-state index in [1.165, 1.54) is 0 Å². The van der Waals surface area contributed by atoms with Crippen molar-refractivity contribution in [3.05, 3.63) is 10.1 Å². The molecule has 0 unspecified atom stereocenters. The number of amides is 1. The summed E-state index contributed by atoms with van der Waals surface area (Å²) < 4.78 is 13.2. The van der Waals surface area contributed by atoms with Crippen molar-refractivity contribution < 1.29 is 23.9 Å². The number of hydrogen-bond acceptors (Lipinski definition) is 8. The summed E-state index contributed by atoms with van der Waals surface area (Å²) in [7, 11) is -0.541. The number of carbonyl (C=O) groups excluding carboxylic acids is 2. The Balaban J connectivity index is 0.00000484. The maximum atomic E-state index is 13.8. The number of rotatable bonds is 13. The van der Waals surface area contributed by atoms with Crippen molar-refractivity contribution in [1.29, 1.82) is 0 Å². The van der Waals surface area contributed by atoms with Crippen LogP contribution < -0.4 is 21.8 Å². The Morgan fingerprint density at radius 3 is 2.60 bits per heavy atom. The fourth-order valence-electron chi connectivity index (χ4n) is 7.62. The van der Waals surface area contributed by atoms with Crippen molar-refractivity contribution in [2.75, 3.05) is 13.1 Å². The predicted octanol–water partition coefficient (Wildman–Crippen LogP) is 2.80. The lowest BCUT2D eigenvalue weighted by atomic mass is 9.43. The van der Waals surface area contributed by atoms with E-state index >= 15 is 0 Å². The molecule has 0 spiro atoms. The molecule has 5 fully saturated rings. The lowest BCUT2D eigenvalue weighted by molar-refractivity contribution is -0.525. The summed E-state index contributed by atoms with van der Waals surface area (Å²) in [6.45, 7) is 12.0. The Hall–Kier alpha value is -1.96. The van der Waals surface area contributed by atoms with Gasteiger partial charge < -0.3 is 25.7 Å². The smallest absolute Gasteiger partial charge is 0.404 e. The first-order valence-corrected chi connectivity index (χ1v) is 15.4. The van der Waals surface area contributed by atoms with Gasteiger partial charge in [-0.3, -0.25) is 9.59 Å². The van der Waals surface area contributed by atoms with E-state index in [0.29, 0.717) is 37.0 Å². The topological polar surface area (TPSA) is 170 Å². The molecule has 1 amide bonds. The van der Waals surface area contributed by atoms with Gasteiger partial charge in [-0.15, -0.1) is 12.4 Å². The molecule has 2 aliphatic heterocycles. The number of nitrogens with one attached hydrogen (secondary N) is 3. The number of hydrazine groups is 1. The van der Waals surface area contributed by atoms with Gasteiger partial charge in [0.2, 0.25) is 5.91 Å². The van der Waals surface area contributed by atoms with Crippen LogP contribution in [-0.2, 0) is 18.9 Å². The number of aliphatic imine (C=N–C) groups is 1. The highest BCUT2D eigenvalue weighted by molar-refractivity contribution is 6.47. The third-order valence-electron chi connectivity index (χ3n) is 10.1. The van der Waals surface area contributed by atoms with E-state index in [-0.39, 0.29) is 72.1 Å². The predicted molar refractivity (Wildman–Crippen MR) is 163 cm³/mol. The van der Waals surface area contributed by atoms with Gasteiger partial charge in [-0.1, -0.05) is 39.5 Å². The number of carbonyl (C=O) groups is 2. The minimum Gasteiger partial charge on any atom is -0.404 e. The average molecular weight is 613 g/mol. The molecule has 5 rings (SSSR count). The summed E-state index contributed by atoms with van der Waals surface area (Å²) in [5.74, 6) is 0.0000640. The standard InChI is InChI=1S/C28H49BN6O6.ClH/c1-17(2)13-24(29-40-23-16-19-15-22(27(19,3)4)28(23,5)41-29)33-25(37)18(9-8-12-32-26(30)34-35(38)39)14-21(36)20-10-6-7-11-31-20;/h17-20,22-24,31H,6-16H2,1-5H3,(H,33,37)(H3,30,32,34);1H/t18-,19+,20-,22+,23-,24+,28+;/m1./s1.